The summed E-state index contributed by atoms with van der Waals surface area (Å²) in [5.74, 6) is -0.439. The molecule has 1 saturated carbocycles. The van der Waals surface area contributed by atoms with Crippen molar-refractivity contribution in [2.45, 2.75) is 43.4 Å². The standard InChI is InChI=1S/C19H20F6N2O4/c20-18(21,22)14-2-1-11(3-15(14)19(23,24)25)8-31-13-6-27(7-13)16(29)12-4-17(26,5-12)9-30-10-28/h1-3,10,12-13H,4-9,26H2/t12-,17+. The molecule has 2 fully saturated rings. The van der Waals surface area contributed by atoms with Crippen LogP contribution in [-0.4, -0.2) is 48.6 Å². The molecule has 0 unspecified atom stereocenters. The molecule has 0 spiro atoms. The topological polar surface area (TPSA) is 81.9 Å². The van der Waals surface area contributed by atoms with Gasteiger partial charge in [-0.3, -0.25) is 9.59 Å². The molecule has 1 aromatic carbocycles. The number of nitrogens with two attached hydrogens (primary N) is 1. The van der Waals surface area contributed by atoms with Crippen LogP contribution in [0.25, 0.3) is 0 Å². The fourth-order valence-electron chi connectivity index (χ4n) is 3.77. The first-order chi connectivity index (χ1) is 14.3. The predicted octanol–water partition coefficient (Wildman–Crippen LogP) is 2.73. The average molecular weight is 454 g/mol. The molecule has 1 aromatic rings. The highest BCUT2D eigenvalue weighted by Crippen LogP contribution is 2.41. The highest BCUT2D eigenvalue weighted by atomic mass is 19.4. The number of amides is 1. The van der Waals surface area contributed by atoms with Gasteiger partial charge in [0.05, 0.1) is 29.4 Å². The Morgan fingerprint density at radius 2 is 1.74 bits per heavy atom. The van der Waals surface area contributed by atoms with Gasteiger partial charge in [-0.15, -0.1) is 0 Å². The molecule has 1 aliphatic heterocycles. The van der Waals surface area contributed by atoms with Gasteiger partial charge in [0, 0.05) is 19.0 Å². The van der Waals surface area contributed by atoms with E-state index in [2.05, 4.69) is 4.74 Å². The lowest BCUT2D eigenvalue weighted by molar-refractivity contribution is -0.162. The van der Waals surface area contributed by atoms with E-state index in [1.165, 1.54) is 4.90 Å². The molecule has 0 aromatic heterocycles. The molecule has 1 amide bonds. The van der Waals surface area contributed by atoms with Crippen molar-refractivity contribution in [3.05, 3.63) is 34.9 Å². The number of hydrogen-bond donors (Lipinski definition) is 1. The van der Waals surface area contributed by atoms with Crippen LogP contribution in [0.5, 0.6) is 0 Å². The number of ether oxygens (including phenoxy) is 2. The number of carbonyl (C=O) groups is 2. The van der Waals surface area contributed by atoms with E-state index in [1.54, 1.807) is 0 Å². The highest BCUT2D eigenvalue weighted by Gasteiger charge is 2.48. The molecule has 2 N–H and O–H groups in total. The Kier molecular flexibility index (Phi) is 6.25. The molecule has 3 rings (SSSR count). The van der Waals surface area contributed by atoms with E-state index < -0.39 is 35.1 Å². The quantitative estimate of drug-likeness (QED) is 0.506. The van der Waals surface area contributed by atoms with Gasteiger partial charge in [-0.2, -0.15) is 26.3 Å². The van der Waals surface area contributed by atoms with Gasteiger partial charge in [0.1, 0.15) is 6.61 Å². The maximum Gasteiger partial charge on any atom is 0.417 e. The minimum absolute atomic E-state index is 0.0268. The molecular formula is C19H20F6N2O4. The van der Waals surface area contributed by atoms with E-state index in [1.807, 2.05) is 0 Å². The number of alkyl halides is 6. The second kappa shape index (κ2) is 8.30. The van der Waals surface area contributed by atoms with Crippen LogP contribution < -0.4 is 5.73 Å². The summed E-state index contributed by atoms with van der Waals surface area (Å²) in [4.78, 5) is 24.1. The first-order valence-corrected chi connectivity index (χ1v) is 9.34. The normalized spacial score (nSPS) is 24.4. The zero-order valence-corrected chi connectivity index (χ0v) is 16.1. The minimum atomic E-state index is -5.15. The molecular weight excluding hydrogens is 434 g/mol. The zero-order valence-electron chi connectivity index (χ0n) is 16.1. The summed E-state index contributed by atoms with van der Waals surface area (Å²) in [6, 6.07) is 1.76. The number of rotatable bonds is 7. The van der Waals surface area contributed by atoms with Crippen LogP contribution in [0.4, 0.5) is 26.3 Å². The van der Waals surface area contributed by atoms with Crippen LogP contribution in [0.15, 0.2) is 18.2 Å². The van der Waals surface area contributed by atoms with Crippen LogP contribution in [0, 0.1) is 5.92 Å². The lowest BCUT2D eigenvalue weighted by Gasteiger charge is -2.48. The molecule has 0 atom stereocenters. The van der Waals surface area contributed by atoms with Crippen molar-refractivity contribution < 1.29 is 45.4 Å². The lowest BCUT2D eigenvalue weighted by Crippen LogP contribution is -2.63. The summed E-state index contributed by atoms with van der Waals surface area (Å²) in [6.45, 7) is 0.454. The Labute approximate surface area is 173 Å². The van der Waals surface area contributed by atoms with Gasteiger partial charge < -0.3 is 20.1 Å². The largest absolute Gasteiger partial charge is 0.466 e. The molecule has 12 heteroatoms. The predicted molar refractivity (Wildman–Crippen MR) is 93.3 cm³/mol. The fraction of sp³-hybridized carbons (Fsp3) is 0.579. The van der Waals surface area contributed by atoms with Gasteiger partial charge in [-0.25, -0.2) is 0 Å². The van der Waals surface area contributed by atoms with Crippen molar-refractivity contribution in [1.82, 2.24) is 4.90 Å². The van der Waals surface area contributed by atoms with E-state index in [-0.39, 0.29) is 50.2 Å². The molecule has 1 heterocycles. The first-order valence-electron chi connectivity index (χ1n) is 9.34. The van der Waals surface area contributed by atoms with E-state index in [0.29, 0.717) is 25.0 Å². The fourth-order valence-corrected chi connectivity index (χ4v) is 3.77. The monoisotopic (exact) mass is 454 g/mol. The van der Waals surface area contributed by atoms with Gasteiger partial charge in [-0.05, 0) is 30.5 Å². The van der Waals surface area contributed by atoms with Crippen LogP contribution >= 0.6 is 0 Å². The smallest absolute Gasteiger partial charge is 0.417 e. The molecule has 2 aliphatic rings. The molecule has 1 saturated heterocycles. The van der Waals surface area contributed by atoms with Crippen LogP contribution in [0.2, 0.25) is 0 Å². The molecule has 172 valence electrons. The summed E-state index contributed by atoms with van der Waals surface area (Å²) in [7, 11) is 0. The van der Waals surface area contributed by atoms with E-state index in [0.717, 1.165) is 6.07 Å². The Balaban J connectivity index is 1.49. The number of likely N-dealkylation sites (tertiary alicyclic amines) is 1. The lowest BCUT2D eigenvalue weighted by atomic mass is 9.68. The third-order valence-corrected chi connectivity index (χ3v) is 5.43. The van der Waals surface area contributed by atoms with Crippen molar-refractivity contribution in [3.63, 3.8) is 0 Å². The van der Waals surface area contributed by atoms with Crippen molar-refractivity contribution in [1.29, 1.82) is 0 Å². The minimum Gasteiger partial charge on any atom is -0.466 e. The first kappa shape index (κ1) is 23.3. The second-order valence-electron chi connectivity index (χ2n) is 7.93. The van der Waals surface area contributed by atoms with Gasteiger partial charge in [0.25, 0.3) is 6.47 Å². The number of nitrogens with zero attached hydrogens (tertiary/aromatic N) is 1. The van der Waals surface area contributed by atoms with Gasteiger partial charge in [-0.1, -0.05) is 6.07 Å². The highest BCUT2D eigenvalue weighted by molar-refractivity contribution is 5.81. The number of hydrogen-bond acceptors (Lipinski definition) is 5. The second-order valence-corrected chi connectivity index (χ2v) is 7.93. The van der Waals surface area contributed by atoms with Crippen molar-refractivity contribution >= 4 is 12.4 Å². The molecule has 31 heavy (non-hydrogen) atoms. The van der Waals surface area contributed by atoms with E-state index in [4.69, 9.17) is 10.5 Å². The zero-order chi connectivity index (χ0) is 23.0. The van der Waals surface area contributed by atoms with E-state index >= 15 is 0 Å². The third-order valence-electron chi connectivity index (χ3n) is 5.43. The van der Waals surface area contributed by atoms with Crippen LogP contribution in [0.3, 0.4) is 0 Å². The SMILES string of the molecule is N[C@]1(COC=O)C[C@H](C(=O)N2CC(OCc3ccc(C(F)(F)F)c(C(F)(F)F)c3)C2)C1. The van der Waals surface area contributed by atoms with Crippen LogP contribution in [-0.2, 0) is 38.0 Å². The van der Waals surface area contributed by atoms with E-state index in [9.17, 15) is 35.9 Å². The Morgan fingerprint density at radius 1 is 1.13 bits per heavy atom. The Hall–Kier alpha value is -2.34. The van der Waals surface area contributed by atoms with Crippen molar-refractivity contribution in [2.75, 3.05) is 19.7 Å². The summed E-state index contributed by atoms with van der Waals surface area (Å²) in [5.41, 5.74) is 1.68. The third kappa shape index (κ3) is 5.29. The maximum absolute atomic E-state index is 13.0. The molecule has 0 bridgehead atoms. The van der Waals surface area contributed by atoms with Crippen LogP contribution in [0.1, 0.15) is 29.5 Å². The average Bonchev–Trinajstić information content (AvgIpc) is 2.61. The summed E-state index contributed by atoms with van der Waals surface area (Å²) in [6.07, 6.45) is -9.97. The molecule has 0 radical (unpaired) electrons. The summed E-state index contributed by atoms with van der Waals surface area (Å²) < 4.78 is 87.5. The summed E-state index contributed by atoms with van der Waals surface area (Å²) >= 11 is 0. The Morgan fingerprint density at radius 3 is 2.29 bits per heavy atom. The molecule has 6 nitrogen and oxygen atoms in total. The van der Waals surface area contributed by atoms with Gasteiger partial charge >= 0.3 is 12.4 Å². The molecule has 1 aliphatic carbocycles. The number of carbonyl (C=O) groups excluding carboxylic acids is 2. The Bertz CT molecular complexity index is 830. The number of halogens is 6. The van der Waals surface area contributed by atoms with Gasteiger partial charge in [0.15, 0.2) is 0 Å². The number of benzene rings is 1. The van der Waals surface area contributed by atoms with Gasteiger partial charge in [0.2, 0.25) is 5.91 Å². The van der Waals surface area contributed by atoms with Crippen molar-refractivity contribution in [2.24, 2.45) is 11.7 Å². The maximum atomic E-state index is 13.0. The van der Waals surface area contributed by atoms with Crippen molar-refractivity contribution in [3.8, 4) is 0 Å². The summed E-state index contributed by atoms with van der Waals surface area (Å²) in [5, 5.41) is 0.